The summed E-state index contributed by atoms with van der Waals surface area (Å²) in [6.45, 7) is 9.34. The van der Waals surface area contributed by atoms with Gasteiger partial charge in [-0.2, -0.15) is 0 Å². The lowest BCUT2D eigenvalue weighted by atomic mass is 9.87. The second-order valence-electron chi connectivity index (χ2n) is 12.5. The highest BCUT2D eigenvalue weighted by Gasteiger charge is 2.49. The Morgan fingerprint density at radius 2 is 2.03 bits per heavy atom. The van der Waals surface area contributed by atoms with E-state index in [9.17, 15) is 9.90 Å². The Balaban J connectivity index is 0.000000269. The van der Waals surface area contributed by atoms with Gasteiger partial charge in [-0.1, -0.05) is 26.0 Å². The number of carbonyl (C=O) groups is 1. The summed E-state index contributed by atoms with van der Waals surface area (Å²) in [4.78, 5) is 19.0. The molecule has 5 heterocycles. The van der Waals surface area contributed by atoms with E-state index in [4.69, 9.17) is 4.98 Å². The number of aryl methyl sites for hydroxylation is 2. The monoisotopic (exact) mass is 525 g/mol. The van der Waals surface area contributed by atoms with Crippen LogP contribution in [0.2, 0.25) is 0 Å². The van der Waals surface area contributed by atoms with Crippen LogP contribution in [0.25, 0.3) is 33.5 Å². The molecule has 7 heteroatoms. The van der Waals surface area contributed by atoms with Crippen molar-refractivity contribution in [3.8, 4) is 11.5 Å². The molecule has 0 amide bonds. The van der Waals surface area contributed by atoms with Gasteiger partial charge in [-0.3, -0.25) is 15.0 Å². The molecule has 2 aromatic carbocycles. The van der Waals surface area contributed by atoms with Crippen LogP contribution in [0, 0.1) is 11.8 Å². The summed E-state index contributed by atoms with van der Waals surface area (Å²) >= 11 is 0. The number of fused-ring (bicyclic) bond motifs is 2. The first kappa shape index (κ1) is 25.0. The number of aromatic nitrogens is 3. The number of carbonyl (C=O) groups excluding carboxylic acids is 1. The molecule has 2 aromatic heterocycles. The van der Waals surface area contributed by atoms with Crippen LogP contribution < -0.4 is 5.32 Å². The van der Waals surface area contributed by atoms with E-state index in [2.05, 4.69) is 64.5 Å². The fourth-order valence-electron chi connectivity index (χ4n) is 6.81. The lowest BCUT2D eigenvalue weighted by Crippen LogP contribution is -2.28. The van der Waals surface area contributed by atoms with Crippen molar-refractivity contribution in [2.45, 2.75) is 77.4 Å². The average Bonchev–Trinajstić information content (AvgIpc) is 3.82. The number of nitrogens with zero attached hydrogens (tertiary/aromatic N) is 4. The summed E-state index contributed by atoms with van der Waals surface area (Å²) in [6, 6.07) is 13.5. The molecule has 1 aliphatic carbocycles. The highest BCUT2D eigenvalue weighted by molar-refractivity contribution is 5.92. The van der Waals surface area contributed by atoms with Crippen molar-refractivity contribution in [2.75, 3.05) is 13.6 Å². The van der Waals surface area contributed by atoms with Crippen LogP contribution in [-0.4, -0.2) is 56.2 Å². The number of rotatable bonds is 5. The molecule has 4 aromatic rings. The number of likely N-dealkylation sites (N-methyl/N-ethyl adjacent to an activating group) is 1. The molecule has 1 saturated carbocycles. The summed E-state index contributed by atoms with van der Waals surface area (Å²) in [5.41, 5.74) is 5.90. The predicted molar refractivity (Wildman–Crippen MR) is 155 cm³/mol. The van der Waals surface area contributed by atoms with Crippen LogP contribution in [-0.2, 0) is 25.1 Å². The smallest absolute Gasteiger partial charge is 0.157 e. The fourth-order valence-corrected chi connectivity index (χ4v) is 6.81. The molecule has 204 valence electrons. The Bertz CT molecular complexity index is 1580. The van der Waals surface area contributed by atoms with E-state index in [0.29, 0.717) is 18.5 Å². The van der Waals surface area contributed by atoms with E-state index in [1.54, 1.807) is 0 Å². The van der Waals surface area contributed by atoms with Gasteiger partial charge < -0.3 is 14.2 Å². The van der Waals surface area contributed by atoms with Crippen LogP contribution in [0.15, 0.2) is 36.4 Å². The Hall–Kier alpha value is -3.00. The van der Waals surface area contributed by atoms with Gasteiger partial charge in [0.2, 0.25) is 0 Å². The molecule has 0 spiro atoms. The molecule has 8 rings (SSSR count). The third-order valence-electron chi connectivity index (χ3n) is 9.40. The number of aliphatic hydroxyl groups is 1. The number of benzene rings is 2. The maximum atomic E-state index is 11.5. The molecule has 39 heavy (non-hydrogen) atoms. The minimum atomic E-state index is -0.957. The quantitative estimate of drug-likeness (QED) is 0.285. The number of nitrogens with one attached hydrogen (secondary N) is 1. The standard InChI is InChI=1S/C26H27N3O2.C6H12N2/c1-3-16-6-7-19-13-23(29(22(19)12-16)14-17-4-5-17)25-27-21-11-18(15-30)10-20-24(21)28(25)9-8-26(20,2)31;1-4-3-8(2)6-5(4)7-6/h6-7,10-13,15,17,31H,3-5,8-9,14H2,1-2H3;4-7H,3H2,1-2H3. The predicted octanol–water partition coefficient (Wildman–Crippen LogP) is 4.92. The molecule has 3 fully saturated rings. The van der Waals surface area contributed by atoms with Gasteiger partial charge in [-0.15, -0.1) is 0 Å². The van der Waals surface area contributed by atoms with Crippen LogP contribution >= 0.6 is 0 Å². The summed E-state index contributed by atoms with van der Waals surface area (Å²) in [6.07, 6.45) is 5.78. The molecule has 4 atom stereocenters. The van der Waals surface area contributed by atoms with Crippen LogP contribution in [0.3, 0.4) is 0 Å². The van der Waals surface area contributed by atoms with Crippen LogP contribution in [0.1, 0.15) is 61.5 Å². The zero-order valence-electron chi connectivity index (χ0n) is 23.4. The highest BCUT2D eigenvalue weighted by atomic mass is 16.3. The number of hydrogen-bond donors (Lipinski definition) is 2. The summed E-state index contributed by atoms with van der Waals surface area (Å²) in [5.74, 6) is 2.55. The van der Waals surface area contributed by atoms with Gasteiger partial charge in [0.25, 0.3) is 0 Å². The van der Waals surface area contributed by atoms with E-state index in [-0.39, 0.29) is 0 Å². The maximum absolute atomic E-state index is 11.5. The summed E-state index contributed by atoms with van der Waals surface area (Å²) in [7, 11) is 2.18. The zero-order chi connectivity index (χ0) is 27.1. The molecule has 7 nitrogen and oxygen atoms in total. The minimum Gasteiger partial charge on any atom is -0.385 e. The summed E-state index contributed by atoms with van der Waals surface area (Å²) in [5, 5.41) is 15.7. The molecular weight excluding hydrogens is 486 g/mol. The molecule has 2 N–H and O–H groups in total. The topological polar surface area (TPSA) is 85.2 Å². The van der Waals surface area contributed by atoms with Crippen molar-refractivity contribution in [3.05, 3.63) is 53.1 Å². The van der Waals surface area contributed by atoms with Gasteiger partial charge in [-0.05, 0) is 81.3 Å². The van der Waals surface area contributed by atoms with Crippen molar-refractivity contribution in [1.82, 2.24) is 24.3 Å². The Morgan fingerprint density at radius 1 is 1.21 bits per heavy atom. The number of hydrogen-bond acceptors (Lipinski definition) is 5. The van der Waals surface area contributed by atoms with E-state index >= 15 is 0 Å². The Labute approximate surface area is 229 Å². The number of likely N-dealkylation sites (tertiary alicyclic amines) is 1. The van der Waals surface area contributed by atoms with Crippen molar-refractivity contribution < 1.29 is 9.90 Å². The van der Waals surface area contributed by atoms with Gasteiger partial charge in [0.1, 0.15) is 6.29 Å². The molecule has 4 unspecified atom stereocenters. The SMILES string of the molecule is CC1CN(C)C2NC12.CCc1ccc2cc(-c3nc4cc(C=O)cc5c4n3CCC5(C)O)n(CC3CC3)c2c1. The van der Waals surface area contributed by atoms with Crippen LogP contribution in [0.4, 0.5) is 0 Å². The van der Waals surface area contributed by atoms with E-state index in [1.807, 2.05) is 19.1 Å². The highest BCUT2D eigenvalue weighted by Crippen LogP contribution is 2.42. The molecular formula is C32H39N5O2. The normalized spacial score (nSPS) is 27.5. The molecule has 3 aliphatic heterocycles. The third-order valence-corrected chi connectivity index (χ3v) is 9.40. The first-order chi connectivity index (χ1) is 18.8. The maximum Gasteiger partial charge on any atom is 0.157 e. The molecule has 0 bridgehead atoms. The van der Waals surface area contributed by atoms with Gasteiger partial charge in [0.15, 0.2) is 5.82 Å². The van der Waals surface area contributed by atoms with Crippen molar-refractivity contribution in [1.29, 1.82) is 0 Å². The van der Waals surface area contributed by atoms with E-state index in [0.717, 1.165) is 71.4 Å². The zero-order valence-corrected chi connectivity index (χ0v) is 23.4. The lowest BCUT2D eigenvalue weighted by Gasteiger charge is -2.30. The van der Waals surface area contributed by atoms with Crippen molar-refractivity contribution in [3.63, 3.8) is 0 Å². The van der Waals surface area contributed by atoms with Crippen molar-refractivity contribution in [2.24, 2.45) is 11.8 Å². The van der Waals surface area contributed by atoms with Gasteiger partial charge in [0.05, 0.1) is 28.5 Å². The number of aldehydes is 1. The van der Waals surface area contributed by atoms with Gasteiger partial charge in [-0.25, -0.2) is 4.98 Å². The molecule has 0 radical (unpaired) electrons. The Morgan fingerprint density at radius 3 is 2.64 bits per heavy atom. The minimum absolute atomic E-state index is 0.562. The van der Waals surface area contributed by atoms with E-state index in [1.165, 1.54) is 35.9 Å². The largest absolute Gasteiger partial charge is 0.385 e. The average molecular weight is 526 g/mol. The fraction of sp³-hybridized carbons (Fsp3) is 0.500. The van der Waals surface area contributed by atoms with Crippen LogP contribution in [0.5, 0.6) is 0 Å². The van der Waals surface area contributed by atoms with Gasteiger partial charge in [0, 0.05) is 47.7 Å². The first-order valence-electron chi connectivity index (χ1n) is 14.6. The van der Waals surface area contributed by atoms with Gasteiger partial charge >= 0.3 is 0 Å². The lowest BCUT2D eigenvalue weighted by molar-refractivity contribution is 0.0399. The summed E-state index contributed by atoms with van der Waals surface area (Å²) < 4.78 is 4.69. The third kappa shape index (κ3) is 4.22. The van der Waals surface area contributed by atoms with Crippen molar-refractivity contribution >= 4 is 28.2 Å². The molecule has 2 saturated heterocycles. The van der Waals surface area contributed by atoms with E-state index < -0.39 is 5.60 Å². The first-order valence-corrected chi connectivity index (χ1v) is 14.6. The Kier molecular flexibility index (Phi) is 5.78. The number of imidazole rings is 1. The second-order valence-corrected chi connectivity index (χ2v) is 12.5. The second kappa shape index (κ2) is 9.01. The molecule has 4 aliphatic rings.